The third-order valence-electron chi connectivity index (χ3n) is 3.49. The Bertz CT molecular complexity index is 590. The molecule has 0 bridgehead atoms. The molecule has 1 fully saturated rings. The zero-order valence-electron chi connectivity index (χ0n) is 11.8. The van der Waals surface area contributed by atoms with Gasteiger partial charge in [-0.25, -0.2) is 18.4 Å². The number of nitrogens with one attached hydrogen (secondary N) is 1. The SMILES string of the molecule is CCCc1nc(Cl)c(C)c(NCC2CCS(=O)(=O)C2)n1. The van der Waals surface area contributed by atoms with Crippen molar-refractivity contribution in [2.45, 2.75) is 33.1 Å². The molecule has 0 saturated carbocycles. The van der Waals surface area contributed by atoms with Crippen LogP contribution in [0.5, 0.6) is 0 Å². The second-order valence-electron chi connectivity index (χ2n) is 5.30. The summed E-state index contributed by atoms with van der Waals surface area (Å²) in [4.78, 5) is 8.71. The van der Waals surface area contributed by atoms with E-state index in [4.69, 9.17) is 11.6 Å². The summed E-state index contributed by atoms with van der Waals surface area (Å²) in [5, 5.41) is 3.70. The topological polar surface area (TPSA) is 72.0 Å². The summed E-state index contributed by atoms with van der Waals surface area (Å²) in [6.45, 7) is 4.54. The quantitative estimate of drug-likeness (QED) is 0.843. The van der Waals surface area contributed by atoms with E-state index in [0.29, 0.717) is 17.5 Å². The van der Waals surface area contributed by atoms with Gasteiger partial charge in [-0.3, -0.25) is 0 Å². The largest absolute Gasteiger partial charge is 0.369 e. The zero-order chi connectivity index (χ0) is 14.8. The second-order valence-corrected chi connectivity index (χ2v) is 7.89. The number of rotatable bonds is 5. The van der Waals surface area contributed by atoms with Crippen LogP contribution in [0.1, 0.15) is 31.2 Å². The number of hydrogen-bond acceptors (Lipinski definition) is 5. The van der Waals surface area contributed by atoms with Gasteiger partial charge < -0.3 is 5.32 Å². The maximum atomic E-state index is 11.4. The molecule has 1 unspecified atom stereocenters. The summed E-state index contributed by atoms with van der Waals surface area (Å²) in [6, 6.07) is 0. The van der Waals surface area contributed by atoms with Gasteiger partial charge >= 0.3 is 0 Å². The molecule has 20 heavy (non-hydrogen) atoms. The van der Waals surface area contributed by atoms with Gasteiger partial charge in [-0.15, -0.1) is 0 Å². The first kappa shape index (κ1) is 15.5. The highest BCUT2D eigenvalue weighted by atomic mass is 35.5. The van der Waals surface area contributed by atoms with Gasteiger partial charge in [-0.1, -0.05) is 18.5 Å². The number of nitrogens with zero attached hydrogens (tertiary/aromatic N) is 2. The fourth-order valence-corrected chi connectivity index (χ4v) is 4.36. The van der Waals surface area contributed by atoms with E-state index >= 15 is 0 Å². The Kier molecular flexibility index (Phi) is 4.86. The van der Waals surface area contributed by atoms with Gasteiger partial charge in [-0.05, 0) is 25.7 Å². The molecule has 2 heterocycles. The van der Waals surface area contributed by atoms with Gasteiger partial charge in [-0.2, -0.15) is 0 Å². The van der Waals surface area contributed by atoms with Crippen molar-refractivity contribution in [1.29, 1.82) is 0 Å². The van der Waals surface area contributed by atoms with E-state index in [1.807, 2.05) is 6.92 Å². The lowest BCUT2D eigenvalue weighted by atomic mass is 10.1. The van der Waals surface area contributed by atoms with Crippen LogP contribution in [0.3, 0.4) is 0 Å². The fraction of sp³-hybridized carbons (Fsp3) is 0.692. The van der Waals surface area contributed by atoms with E-state index in [-0.39, 0.29) is 11.7 Å². The van der Waals surface area contributed by atoms with Gasteiger partial charge in [0.15, 0.2) is 9.84 Å². The molecule has 112 valence electrons. The smallest absolute Gasteiger partial charge is 0.150 e. The van der Waals surface area contributed by atoms with Crippen molar-refractivity contribution < 1.29 is 8.42 Å². The number of aromatic nitrogens is 2. The molecule has 0 radical (unpaired) electrons. The molecule has 1 aliphatic heterocycles. The Morgan fingerprint density at radius 3 is 2.75 bits per heavy atom. The fourth-order valence-electron chi connectivity index (χ4n) is 2.31. The third-order valence-corrected chi connectivity index (χ3v) is 5.70. The van der Waals surface area contributed by atoms with E-state index < -0.39 is 9.84 Å². The van der Waals surface area contributed by atoms with Gasteiger partial charge in [0.25, 0.3) is 0 Å². The average molecular weight is 318 g/mol. The summed E-state index contributed by atoms with van der Waals surface area (Å²) in [5.74, 6) is 2.16. The van der Waals surface area contributed by atoms with Crippen LogP contribution in [0, 0.1) is 12.8 Å². The molecule has 1 saturated heterocycles. The second kappa shape index (κ2) is 6.26. The summed E-state index contributed by atoms with van der Waals surface area (Å²) >= 11 is 6.11. The van der Waals surface area contributed by atoms with Crippen molar-refractivity contribution in [2.75, 3.05) is 23.4 Å². The normalized spacial score (nSPS) is 21.1. The van der Waals surface area contributed by atoms with Crippen molar-refractivity contribution >= 4 is 27.3 Å². The first-order valence-corrected chi connectivity index (χ1v) is 9.08. The van der Waals surface area contributed by atoms with E-state index in [1.165, 1.54) is 0 Å². The lowest BCUT2D eigenvalue weighted by molar-refractivity contribution is 0.595. The molecular weight excluding hydrogens is 298 g/mol. The van der Waals surface area contributed by atoms with Crippen molar-refractivity contribution in [2.24, 2.45) is 5.92 Å². The number of aryl methyl sites for hydroxylation is 1. The molecule has 7 heteroatoms. The molecule has 1 aromatic heterocycles. The maximum absolute atomic E-state index is 11.4. The van der Waals surface area contributed by atoms with Gasteiger partial charge in [0.05, 0.1) is 11.5 Å². The van der Waals surface area contributed by atoms with Gasteiger partial charge in [0, 0.05) is 18.5 Å². The summed E-state index contributed by atoms with van der Waals surface area (Å²) in [7, 11) is -2.83. The number of halogens is 1. The summed E-state index contributed by atoms with van der Waals surface area (Å²) < 4.78 is 22.9. The maximum Gasteiger partial charge on any atom is 0.150 e. The predicted octanol–water partition coefficient (Wildman–Crippen LogP) is 2.24. The Labute approximate surface area is 125 Å². The first-order chi connectivity index (χ1) is 9.41. The molecule has 1 aliphatic rings. The molecule has 0 aromatic carbocycles. The van der Waals surface area contributed by atoms with Crippen molar-refractivity contribution in [3.05, 3.63) is 16.5 Å². The molecule has 0 amide bonds. The van der Waals surface area contributed by atoms with Crippen molar-refractivity contribution in [3.63, 3.8) is 0 Å². The highest BCUT2D eigenvalue weighted by Gasteiger charge is 2.27. The van der Waals surface area contributed by atoms with Gasteiger partial charge in [0.1, 0.15) is 16.8 Å². The Morgan fingerprint density at radius 2 is 2.15 bits per heavy atom. The average Bonchev–Trinajstić information content (AvgIpc) is 2.72. The van der Waals surface area contributed by atoms with Crippen molar-refractivity contribution in [1.82, 2.24) is 9.97 Å². The third kappa shape index (κ3) is 3.82. The number of hydrogen-bond donors (Lipinski definition) is 1. The molecule has 0 aliphatic carbocycles. The number of anilines is 1. The Hall–Kier alpha value is -0.880. The van der Waals surface area contributed by atoms with E-state index in [2.05, 4.69) is 22.2 Å². The molecule has 2 rings (SSSR count). The highest BCUT2D eigenvalue weighted by Crippen LogP contribution is 2.23. The van der Waals surface area contributed by atoms with Crippen LogP contribution in [0.15, 0.2) is 0 Å². The van der Waals surface area contributed by atoms with Crippen molar-refractivity contribution in [3.8, 4) is 0 Å². The highest BCUT2D eigenvalue weighted by molar-refractivity contribution is 7.91. The summed E-state index contributed by atoms with van der Waals surface area (Å²) in [6.07, 6.45) is 2.46. The zero-order valence-corrected chi connectivity index (χ0v) is 13.4. The number of sulfone groups is 1. The Morgan fingerprint density at radius 1 is 1.40 bits per heavy atom. The van der Waals surface area contributed by atoms with Crippen LogP contribution in [-0.2, 0) is 16.3 Å². The minimum atomic E-state index is -2.83. The van der Waals surface area contributed by atoms with E-state index in [1.54, 1.807) is 0 Å². The molecule has 5 nitrogen and oxygen atoms in total. The van der Waals surface area contributed by atoms with Gasteiger partial charge in [0.2, 0.25) is 0 Å². The molecular formula is C13H20ClN3O2S. The lowest BCUT2D eigenvalue weighted by Crippen LogP contribution is -2.17. The predicted molar refractivity (Wildman–Crippen MR) is 81.0 cm³/mol. The Balaban J connectivity index is 2.05. The minimum absolute atomic E-state index is 0.155. The van der Waals surface area contributed by atoms with Crippen LogP contribution < -0.4 is 5.32 Å². The monoisotopic (exact) mass is 317 g/mol. The van der Waals surface area contributed by atoms with Crippen LogP contribution in [0.4, 0.5) is 5.82 Å². The van der Waals surface area contributed by atoms with Crippen LogP contribution in [0.25, 0.3) is 0 Å². The summed E-state index contributed by atoms with van der Waals surface area (Å²) in [5.41, 5.74) is 0.812. The first-order valence-electron chi connectivity index (χ1n) is 6.88. The van der Waals surface area contributed by atoms with Crippen LogP contribution >= 0.6 is 11.6 Å². The molecule has 1 N–H and O–H groups in total. The molecule has 1 atom stereocenters. The molecule has 1 aromatic rings. The minimum Gasteiger partial charge on any atom is -0.369 e. The standard InChI is InChI=1S/C13H20ClN3O2S/c1-3-4-11-16-12(14)9(2)13(17-11)15-7-10-5-6-20(18,19)8-10/h10H,3-8H2,1-2H3,(H,15,16,17). The van der Waals surface area contributed by atoms with E-state index in [9.17, 15) is 8.42 Å². The van der Waals surface area contributed by atoms with Crippen LogP contribution in [-0.4, -0.2) is 36.4 Å². The van der Waals surface area contributed by atoms with Crippen LogP contribution in [0.2, 0.25) is 5.15 Å². The van der Waals surface area contributed by atoms with E-state index in [0.717, 1.165) is 36.5 Å². The lowest BCUT2D eigenvalue weighted by Gasteiger charge is -2.13. The molecule has 0 spiro atoms.